The first-order valence-corrected chi connectivity index (χ1v) is 8.53. The molecule has 0 aliphatic carbocycles. The summed E-state index contributed by atoms with van der Waals surface area (Å²) in [5.74, 6) is 2.46. The molecule has 0 heterocycles. The van der Waals surface area contributed by atoms with Crippen molar-refractivity contribution in [2.75, 3.05) is 32.7 Å². The lowest BCUT2D eigenvalue weighted by Gasteiger charge is -2.13. The van der Waals surface area contributed by atoms with Gasteiger partial charge in [0.1, 0.15) is 23.9 Å². The van der Waals surface area contributed by atoms with Crippen molar-refractivity contribution in [3.8, 4) is 17.2 Å². The van der Waals surface area contributed by atoms with Crippen LogP contribution in [0.2, 0.25) is 0 Å². The molecule has 0 unspecified atom stereocenters. The van der Waals surface area contributed by atoms with Crippen molar-refractivity contribution in [1.82, 2.24) is 5.32 Å². The molecule has 0 atom stereocenters. The fraction of sp³-hybridized carbons (Fsp3) is 0.350. The molecular formula is C20H26N2O4. The molecule has 0 radical (unpaired) electrons. The van der Waals surface area contributed by atoms with Crippen LogP contribution in [0.3, 0.4) is 0 Å². The molecule has 0 aliphatic heterocycles. The van der Waals surface area contributed by atoms with Crippen molar-refractivity contribution in [2.24, 2.45) is 0 Å². The van der Waals surface area contributed by atoms with Crippen LogP contribution in [-0.4, -0.2) is 33.4 Å². The molecule has 0 spiro atoms. The molecule has 0 aliphatic rings. The Morgan fingerprint density at radius 1 is 1.00 bits per heavy atom. The lowest BCUT2D eigenvalue weighted by atomic mass is 10.0. The van der Waals surface area contributed by atoms with Gasteiger partial charge >= 0.3 is 6.03 Å². The number of ether oxygens (including phenoxy) is 3. The van der Waals surface area contributed by atoms with Crippen molar-refractivity contribution >= 4 is 11.7 Å². The van der Waals surface area contributed by atoms with Gasteiger partial charge in [-0.2, -0.15) is 0 Å². The predicted octanol–water partition coefficient (Wildman–Crippen LogP) is 4.03. The van der Waals surface area contributed by atoms with E-state index in [1.54, 1.807) is 25.3 Å². The van der Waals surface area contributed by atoms with E-state index >= 15 is 0 Å². The van der Waals surface area contributed by atoms with Crippen LogP contribution in [0.25, 0.3) is 0 Å². The van der Waals surface area contributed by atoms with Gasteiger partial charge in [0.05, 0.1) is 26.5 Å². The van der Waals surface area contributed by atoms with Gasteiger partial charge in [-0.25, -0.2) is 4.79 Å². The Morgan fingerprint density at radius 2 is 1.69 bits per heavy atom. The molecule has 2 aromatic carbocycles. The Morgan fingerprint density at radius 3 is 2.31 bits per heavy atom. The van der Waals surface area contributed by atoms with Gasteiger partial charge in [0.2, 0.25) is 0 Å². The highest BCUT2D eigenvalue weighted by Gasteiger charge is 2.08. The summed E-state index contributed by atoms with van der Waals surface area (Å²) in [7, 11) is 3.11. The normalized spacial score (nSPS) is 10.3. The summed E-state index contributed by atoms with van der Waals surface area (Å²) in [6, 6.07) is 12.8. The van der Waals surface area contributed by atoms with Crippen molar-refractivity contribution in [1.29, 1.82) is 0 Å². The van der Waals surface area contributed by atoms with Crippen molar-refractivity contribution < 1.29 is 19.0 Å². The Hall–Kier alpha value is -2.89. The molecule has 6 nitrogen and oxygen atoms in total. The maximum atomic E-state index is 12.0. The van der Waals surface area contributed by atoms with Gasteiger partial charge in [-0.3, -0.25) is 0 Å². The molecule has 2 aromatic rings. The maximum Gasteiger partial charge on any atom is 0.319 e. The number of hydrogen-bond acceptors (Lipinski definition) is 4. The molecule has 6 heteroatoms. The summed E-state index contributed by atoms with van der Waals surface area (Å²) >= 11 is 0. The summed E-state index contributed by atoms with van der Waals surface area (Å²) in [5, 5.41) is 5.49. The summed E-state index contributed by atoms with van der Waals surface area (Å²) < 4.78 is 16.0. The van der Waals surface area contributed by atoms with Crippen LogP contribution in [0.5, 0.6) is 17.2 Å². The lowest BCUT2D eigenvalue weighted by molar-refractivity contribution is 0.247. The quantitative estimate of drug-likeness (QED) is 0.699. The van der Waals surface area contributed by atoms with Crippen LogP contribution < -0.4 is 24.8 Å². The third-order valence-corrected chi connectivity index (χ3v) is 3.86. The first-order chi connectivity index (χ1) is 12.5. The third-order valence-electron chi connectivity index (χ3n) is 3.86. The third kappa shape index (κ3) is 5.58. The maximum absolute atomic E-state index is 12.0. The van der Waals surface area contributed by atoms with Gasteiger partial charge < -0.3 is 24.8 Å². The summed E-state index contributed by atoms with van der Waals surface area (Å²) in [6.07, 6.45) is 0. The minimum atomic E-state index is -0.327. The SMILES string of the molecule is COc1ccc(NC(=O)NCCOc2ccc(C(C)C)cc2)c(OC)c1. The van der Waals surface area contributed by atoms with E-state index in [4.69, 9.17) is 14.2 Å². The number of benzene rings is 2. The van der Waals surface area contributed by atoms with Crippen LogP contribution in [0, 0.1) is 0 Å². The number of anilines is 1. The molecule has 2 amide bonds. The molecule has 26 heavy (non-hydrogen) atoms. The molecule has 2 N–H and O–H groups in total. The van der Waals surface area contributed by atoms with Gasteiger partial charge in [-0.05, 0) is 35.7 Å². The molecule has 0 bridgehead atoms. The van der Waals surface area contributed by atoms with E-state index in [2.05, 4.69) is 36.6 Å². The molecular weight excluding hydrogens is 332 g/mol. The highest BCUT2D eigenvalue weighted by atomic mass is 16.5. The van der Waals surface area contributed by atoms with Crippen molar-refractivity contribution in [3.05, 3.63) is 48.0 Å². The fourth-order valence-corrected chi connectivity index (χ4v) is 2.35. The second-order valence-corrected chi connectivity index (χ2v) is 6.02. The minimum absolute atomic E-state index is 0.327. The zero-order valence-corrected chi connectivity index (χ0v) is 15.7. The summed E-state index contributed by atoms with van der Waals surface area (Å²) in [4.78, 5) is 12.0. The van der Waals surface area contributed by atoms with E-state index in [-0.39, 0.29) is 6.03 Å². The van der Waals surface area contributed by atoms with Gasteiger partial charge in [0.25, 0.3) is 0 Å². The van der Waals surface area contributed by atoms with Crippen molar-refractivity contribution in [3.63, 3.8) is 0 Å². The summed E-state index contributed by atoms with van der Waals surface area (Å²) in [5.41, 5.74) is 1.83. The van der Waals surface area contributed by atoms with E-state index in [0.29, 0.717) is 36.3 Å². The number of hydrogen-bond donors (Lipinski definition) is 2. The molecule has 2 rings (SSSR count). The number of nitrogens with one attached hydrogen (secondary N) is 2. The second-order valence-electron chi connectivity index (χ2n) is 6.02. The van der Waals surface area contributed by atoms with Crippen LogP contribution in [-0.2, 0) is 0 Å². The standard InChI is InChI=1S/C20H26N2O4/c1-14(2)15-5-7-16(8-6-15)26-12-11-21-20(23)22-18-10-9-17(24-3)13-19(18)25-4/h5-10,13-14H,11-12H2,1-4H3,(H2,21,22,23). The molecule has 0 aromatic heterocycles. The number of methoxy groups -OCH3 is 2. The number of rotatable bonds is 8. The Balaban J connectivity index is 1.77. The number of carbonyl (C=O) groups is 1. The van der Waals surface area contributed by atoms with Gasteiger partial charge in [0.15, 0.2) is 0 Å². The van der Waals surface area contributed by atoms with E-state index < -0.39 is 0 Å². The zero-order valence-electron chi connectivity index (χ0n) is 15.7. The largest absolute Gasteiger partial charge is 0.497 e. The monoisotopic (exact) mass is 358 g/mol. The Kier molecular flexibility index (Phi) is 7.14. The van der Waals surface area contributed by atoms with E-state index in [1.807, 2.05) is 12.1 Å². The van der Waals surface area contributed by atoms with Crippen LogP contribution in [0.1, 0.15) is 25.3 Å². The average molecular weight is 358 g/mol. The first-order valence-electron chi connectivity index (χ1n) is 8.53. The Labute approximate surface area is 154 Å². The topological polar surface area (TPSA) is 68.8 Å². The predicted molar refractivity (Wildman–Crippen MR) is 103 cm³/mol. The van der Waals surface area contributed by atoms with Gasteiger partial charge in [-0.1, -0.05) is 26.0 Å². The van der Waals surface area contributed by atoms with Crippen molar-refractivity contribution in [2.45, 2.75) is 19.8 Å². The van der Waals surface area contributed by atoms with E-state index in [0.717, 1.165) is 5.75 Å². The average Bonchev–Trinajstić information content (AvgIpc) is 2.66. The van der Waals surface area contributed by atoms with E-state index in [9.17, 15) is 4.79 Å². The fourth-order valence-electron chi connectivity index (χ4n) is 2.35. The first kappa shape index (κ1) is 19.4. The highest BCUT2D eigenvalue weighted by molar-refractivity contribution is 5.91. The summed E-state index contributed by atoms with van der Waals surface area (Å²) in [6.45, 7) is 5.07. The smallest absolute Gasteiger partial charge is 0.319 e. The minimum Gasteiger partial charge on any atom is -0.497 e. The number of urea groups is 1. The molecule has 140 valence electrons. The molecule has 0 fully saturated rings. The van der Waals surface area contributed by atoms with E-state index in [1.165, 1.54) is 12.7 Å². The van der Waals surface area contributed by atoms with Crippen LogP contribution in [0.4, 0.5) is 10.5 Å². The van der Waals surface area contributed by atoms with Crippen LogP contribution >= 0.6 is 0 Å². The molecule has 0 saturated heterocycles. The van der Waals surface area contributed by atoms with Crippen LogP contribution in [0.15, 0.2) is 42.5 Å². The second kappa shape index (κ2) is 9.56. The Bertz CT molecular complexity index is 714. The highest BCUT2D eigenvalue weighted by Crippen LogP contribution is 2.28. The lowest BCUT2D eigenvalue weighted by Crippen LogP contribution is -2.32. The number of amides is 2. The number of carbonyl (C=O) groups excluding carboxylic acids is 1. The molecule has 0 saturated carbocycles. The zero-order chi connectivity index (χ0) is 18.9. The van der Waals surface area contributed by atoms with Gasteiger partial charge in [-0.15, -0.1) is 0 Å². The van der Waals surface area contributed by atoms with Gasteiger partial charge in [0, 0.05) is 6.07 Å².